The van der Waals surface area contributed by atoms with Gasteiger partial charge in [-0.3, -0.25) is 4.98 Å². The number of hydrogen-bond acceptors (Lipinski definition) is 6. The van der Waals surface area contributed by atoms with Gasteiger partial charge in [0.05, 0.1) is 6.33 Å². The molecule has 6 nitrogen and oxygen atoms in total. The zero-order valence-electron chi connectivity index (χ0n) is 9.37. The molecule has 0 amide bonds. The van der Waals surface area contributed by atoms with Gasteiger partial charge in [0.2, 0.25) is 5.95 Å². The Labute approximate surface area is 107 Å². The fourth-order valence-electron chi connectivity index (χ4n) is 1.56. The Morgan fingerprint density at radius 2 is 2.28 bits per heavy atom. The number of pyridine rings is 1. The van der Waals surface area contributed by atoms with Gasteiger partial charge in [0.1, 0.15) is 10.5 Å². The van der Waals surface area contributed by atoms with E-state index in [1.807, 2.05) is 18.3 Å². The molecule has 3 aromatic rings. The zero-order chi connectivity index (χ0) is 12.4. The van der Waals surface area contributed by atoms with Crippen LogP contribution in [0.4, 0.5) is 5.95 Å². The number of nitrogens with one attached hydrogen (secondary N) is 1. The van der Waals surface area contributed by atoms with E-state index in [-0.39, 0.29) is 5.95 Å². The van der Waals surface area contributed by atoms with Crippen molar-refractivity contribution in [2.45, 2.75) is 10.8 Å². The molecular formula is C11H10N6S. The molecule has 3 N–H and O–H groups in total. The van der Waals surface area contributed by atoms with Crippen LogP contribution >= 0.6 is 11.8 Å². The van der Waals surface area contributed by atoms with Gasteiger partial charge in [0.25, 0.3) is 0 Å². The standard InChI is InChI=1S/C11H10N6S/c12-11-16-9-8(14-6-15-9)10(17-11)18-5-7-2-1-3-13-4-7/h1-4,6H,5H2,(H3,12,14,15,16,17). The summed E-state index contributed by atoms with van der Waals surface area (Å²) in [5.74, 6) is 1.02. The van der Waals surface area contributed by atoms with Gasteiger partial charge in [-0.05, 0) is 11.6 Å². The predicted octanol–water partition coefficient (Wildman–Crippen LogP) is 1.62. The maximum atomic E-state index is 5.65. The van der Waals surface area contributed by atoms with Crippen molar-refractivity contribution in [3.05, 3.63) is 36.4 Å². The molecule has 0 aliphatic rings. The van der Waals surface area contributed by atoms with Crippen molar-refractivity contribution in [1.29, 1.82) is 0 Å². The van der Waals surface area contributed by atoms with Crippen LogP contribution in [0.25, 0.3) is 11.2 Å². The lowest BCUT2D eigenvalue weighted by Gasteiger charge is -2.02. The molecule has 18 heavy (non-hydrogen) atoms. The van der Waals surface area contributed by atoms with Gasteiger partial charge in [-0.1, -0.05) is 17.8 Å². The molecule has 0 aromatic carbocycles. The third kappa shape index (κ3) is 2.12. The number of H-pyrrole nitrogens is 1. The molecule has 0 fully saturated rings. The van der Waals surface area contributed by atoms with Crippen LogP contribution in [0, 0.1) is 0 Å². The number of nitrogens with zero attached hydrogens (tertiary/aromatic N) is 4. The summed E-state index contributed by atoms with van der Waals surface area (Å²) in [6.07, 6.45) is 5.18. The van der Waals surface area contributed by atoms with E-state index in [2.05, 4.69) is 24.9 Å². The van der Waals surface area contributed by atoms with Crippen molar-refractivity contribution in [3.8, 4) is 0 Å². The molecule has 3 aromatic heterocycles. The number of aromatic amines is 1. The summed E-state index contributed by atoms with van der Waals surface area (Å²) in [5.41, 5.74) is 8.19. The topological polar surface area (TPSA) is 93.4 Å². The number of rotatable bonds is 3. The first kappa shape index (κ1) is 11.0. The first-order valence-corrected chi connectivity index (χ1v) is 6.30. The number of nitrogen functional groups attached to an aromatic ring is 1. The van der Waals surface area contributed by atoms with Crippen molar-refractivity contribution in [1.82, 2.24) is 24.9 Å². The molecule has 0 saturated carbocycles. The van der Waals surface area contributed by atoms with Gasteiger partial charge in [0, 0.05) is 18.1 Å². The number of nitrogens with two attached hydrogens (primary N) is 1. The molecule has 0 spiro atoms. The average molecular weight is 258 g/mol. The van der Waals surface area contributed by atoms with E-state index in [9.17, 15) is 0 Å². The largest absolute Gasteiger partial charge is 0.368 e. The van der Waals surface area contributed by atoms with Crippen LogP contribution in [-0.4, -0.2) is 24.9 Å². The average Bonchev–Trinajstić information content (AvgIpc) is 2.85. The lowest BCUT2D eigenvalue weighted by molar-refractivity contribution is 1.10. The second-order valence-electron chi connectivity index (χ2n) is 3.64. The first-order valence-electron chi connectivity index (χ1n) is 5.31. The van der Waals surface area contributed by atoms with Crippen LogP contribution in [-0.2, 0) is 5.75 Å². The minimum Gasteiger partial charge on any atom is -0.368 e. The van der Waals surface area contributed by atoms with Gasteiger partial charge in [-0.25, -0.2) is 9.97 Å². The second-order valence-corrected chi connectivity index (χ2v) is 4.60. The Balaban J connectivity index is 1.88. The third-order valence-electron chi connectivity index (χ3n) is 2.37. The van der Waals surface area contributed by atoms with E-state index in [1.54, 1.807) is 24.3 Å². The van der Waals surface area contributed by atoms with Crippen LogP contribution in [0.3, 0.4) is 0 Å². The fraction of sp³-hybridized carbons (Fsp3) is 0.0909. The van der Waals surface area contributed by atoms with Gasteiger partial charge >= 0.3 is 0 Å². The van der Waals surface area contributed by atoms with Crippen molar-refractivity contribution in [3.63, 3.8) is 0 Å². The van der Waals surface area contributed by atoms with Crippen LogP contribution in [0.1, 0.15) is 5.56 Å². The Bertz CT molecular complexity index is 666. The Morgan fingerprint density at radius 3 is 3.11 bits per heavy atom. The van der Waals surface area contributed by atoms with Crippen molar-refractivity contribution in [2.75, 3.05) is 5.73 Å². The van der Waals surface area contributed by atoms with E-state index in [0.717, 1.165) is 21.9 Å². The van der Waals surface area contributed by atoms with Crippen LogP contribution in [0.2, 0.25) is 0 Å². The molecule has 0 atom stereocenters. The Kier molecular flexibility index (Phi) is 2.81. The molecule has 90 valence electrons. The fourth-order valence-corrected chi connectivity index (χ4v) is 2.49. The molecule has 3 rings (SSSR count). The van der Waals surface area contributed by atoms with Crippen molar-refractivity contribution < 1.29 is 0 Å². The van der Waals surface area contributed by atoms with Crippen LogP contribution in [0.5, 0.6) is 0 Å². The number of thioether (sulfide) groups is 1. The van der Waals surface area contributed by atoms with E-state index >= 15 is 0 Å². The number of hydrogen-bond donors (Lipinski definition) is 2. The summed E-state index contributed by atoms with van der Waals surface area (Å²) < 4.78 is 0. The minimum absolute atomic E-state index is 0.239. The maximum Gasteiger partial charge on any atom is 0.223 e. The smallest absolute Gasteiger partial charge is 0.223 e. The van der Waals surface area contributed by atoms with Gasteiger partial charge < -0.3 is 10.7 Å². The van der Waals surface area contributed by atoms with E-state index < -0.39 is 0 Å². The molecule has 0 saturated heterocycles. The molecule has 0 aliphatic carbocycles. The molecule has 0 bridgehead atoms. The van der Waals surface area contributed by atoms with Gasteiger partial charge in [0.15, 0.2) is 5.65 Å². The third-order valence-corrected chi connectivity index (χ3v) is 3.41. The molecule has 0 unspecified atom stereocenters. The minimum atomic E-state index is 0.239. The van der Waals surface area contributed by atoms with Crippen molar-refractivity contribution in [2.24, 2.45) is 0 Å². The van der Waals surface area contributed by atoms with E-state index in [4.69, 9.17) is 5.73 Å². The Morgan fingerprint density at radius 1 is 1.33 bits per heavy atom. The summed E-state index contributed by atoms with van der Waals surface area (Å²) in [6, 6.07) is 3.94. The normalized spacial score (nSPS) is 10.9. The molecular weight excluding hydrogens is 248 g/mol. The number of anilines is 1. The quantitative estimate of drug-likeness (QED) is 0.547. The predicted molar refractivity (Wildman–Crippen MR) is 69.9 cm³/mol. The molecule has 0 radical (unpaired) electrons. The Hall–Kier alpha value is -2.15. The lowest BCUT2D eigenvalue weighted by Crippen LogP contribution is -1.97. The lowest BCUT2D eigenvalue weighted by atomic mass is 10.3. The van der Waals surface area contributed by atoms with Crippen molar-refractivity contribution >= 4 is 28.9 Å². The maximum absolute atomic E-state index is 5.65. The molecule has 3 heterocycles. The van der Waals surface area contributed by atoms with Gasteiger partial charge in [-0.2, -0.15) is 4.98 Å². The number of aromatic nitrogens is 5. The summed E-state index contributed by atoms with van der Waals surface area (Å²) in [6.45, 7) is 0. The summed E-state index contributed by atoms with van der Waals surface area (Å²) in [7, 11) is 0. The summed E-state index contributed by atoms with van der Waals surface area (Å²) in [5, 5.41) is 0.804. The summed E-state index contributed by atoms with van der Waals surface area (Å²) >= 11 is 1.58. The second kappa shape index (κ2) is 4.61. The zero-order valence-corrected chi connectivity index (χ0v) is 10.2. The van der Waals surface area contributed by atoms with Crippen LogP contribution in [0.15, 0.2) is 35.9 Å². The monoisotopic (exact) mass is 258 g/mol. The number of imidazole rings is 1. The van der Waals surface area contributed by atoms with E-state index in [1.165, 1.54) is 0 Å². The van der Waals surface area contributed by atoms with E-state index in [0.29, 0.717) is 5.65 Å². The highest BCUT2D eigenvalue weighted by Gasteiger charge is 2.09. The highest BCUT2D eigenvalue weighted by atomic mass is 32.2. The number of fused-ring (bicyclic) bond motifs is 1. The molecule has 7 heteroatoms. The summed E-state index contributed by atoms with van der Waals surface area (Å²) in [4.78, 5) is 19.5. The highest BCUT2D eigenvalue weighted by molar-refractivity contribution is 7.98. The SMILES string of the molecule is Nc1nc(SCc2cccnc2)c2[nH]cnc2n1. The highest BCUT2D eigenvalue weighted by Crippen LogP contribution is 2.26. The molecule has 0 aliphatic heterocycles. The van der Waals surface area contributed by atoms with Crippen LogP contribution < -0.4 is 5.73 Å². The van der Waals surface area contributed by atoms with Gasteiger partial charge in [-0.15, -0.1) is 0 Å². The first-order chi connectivity index (χ1) is 8.83.